The molecule has 2 aromatic carbocycles. The van der Waals surface area contributed by atoms with E-state index in [2.05, 4.69) is 5.10 Å². The zero-order chi connectivity index (χ0) is 15.9. The van der Waals surface area contributed by atoms with Gasteiger partial charge in [0.25, 0.3) is 11.8 Å². The molecule has 110 valence electrons. The summed E-state index contributed by atoms with van der Waals surface area (Å²) < 4.78 is 0. The van der Waals surface area contributed by atoms with Crippen molar-refractivity contribution >= 4 is 18.0 Å². The highest BCUT2D eigenvalue weighted by molar-refractivity contribution is 6.21. The van der Waals surface area contributed by atoms with Gasteiger partial charge in [-0.2, -0.15) is 10.1 Å². The zero-order valence-electron chi connectivity index (χ0n) is 12.2. The average molecular weight is 294 g/mol. The number of nitrogens with zero attached hydrogens (tertiary/aromatic N) is 2. The van der Waals surface area contributed by atoms with Crippen LogP contribution in [-0.2, 0) is 0 Å². The molecule has 2 aromatic rings. The summed E-state index contributed by atoms with van der Waals surface area (Å²) in [5.74, 6) is -0.619. The van der Waals surface area contributed by atoms with Gasteiger partial charge in [-0.3, -0.25) is 9.59 Å². The predicted octanol–water partition coefficient (Wildman–Crippen LogP) is 2.64. The van der Waals surface area contributed by atoms with Crippen LogP contribution in [0.1, 0.15) is 37.4 Å². The minimum absolute atomic E-state index is 0.234. The van der Waals surface area contributed by atoms with Gasteiger partial charge in [0.05, 0.1) is 17.3 Å². The van der Waals surface area contributed by atoms with E-state index >= 15 is 0 Å². The standard InChI is InChI=1S/C17H14N2O3/c1-10-7-12(8-11(2)15(10)20)9-18-19-16(21)13-5-3-4-6-14(13)17(19)22/h3-9,20H,1-2H3. The van der Waals surface area contributed by atoms with Crippen molar-refractivity contribution in [3.63, 3.8) is 0 Å². The number of amides is 2. The number of carbonyl (C=O) groups is 2. The van der Waals surface area contributed by atoms with Crippen LogP contribution >= 0.6 is 0 Å². The van der Waals surface area contributed by atoms with Crippen LogP contribution in [0.15, 0.2) is 41.5 Å². The van der Waals surface area contributed by atoms with Gasteiger partial charge in [0, 0.05) is 0 Å². The zero-order valence-corrected chi connectivity index (χ0v) is 12.2. The van der Waals surface area contributed by atoms with Crippen LogP contribution in [0.4, 0.5) is 0 Å². The number of carbonyl (C=O) groups excluding carboxylic acids is 2. The molecule has 5 nitrogen and oxygen atoms in total. The Morgan fingerprint density at radius 1 is 1.00 bits per heavy atom. The first-order valence-corrected chi connectivity index (χ1v) is 6.81. The molecule has 22 heavy (non-hydrogen) atoms. The third kappa shape index (κ3) is 2.16. The maximum atomic E-state index is 12.2. The number of rotatable bonds is 2. The number of hydrogen-bond donors (Lipinski definition) is 1. The van der Waals surface area contributed by atoms with Gasteiger partial charge in [-0.1, -0.05) is 12.1 Å². The molecule has 1 aliphatic heterocycles. The molecule has 2 amide bonds. The van der Waals surface area contributed by atoms with Gasteiger partial charge in [-0.25, -0.2) is 0 Å². The van der Waals surface area contributed by atoms with Gasteiger partial charge in [0.2, 0.25) is 0 Å². The lowest BCUT2D eigenvalue weighted by atomic mass is 10.1. The summed E-state index contributed by atoms with van der Waals surface area (Å²) in [5, 5.41) is 14.6. The smallest absolute Gasteiger partial charge is 0.282 e. The Morgan fingerprint density at radius 3 is 2.00 bits per heavy atom. The first kappa shape index (κ1) is 14.0. The summed E-state index contributed by atoms with van der Waals surface area (Å²) in [6, 6.07) is 10.1. The summed E-state index contributed by atoms with van der Waals surface area (Å²) in [5.41, 5.74) is 2.86. The van der Waals surface area contributed by atoms with Crippen molar-refractivity contribution in [2.45, 2.75) is 13.8 Å². The van der Waals surface area contributed by atoms with E-state index < -0.39 is 11.8 Å². The highest BCUT2D eigenvalue weighted by Gasteiger charge is 2.35. The van der Waals surface area contributed by atoms with E-state index in [9.17, 15) is 14.7 Å². The summed E-state index contributed by atoms with van der Waals surface area (Å²) in [4.78, 5) is 24.3. The van der Waals surface area contributed by atoms with Crippen LogP contribution in [0.2, 0.25) is 0 Å². The van der Waals surface area contributed by atoms with Crippen LogP contribution in [0.25, 0.3) is 0 Å². The molecule has 0 radical (unpaired) electrons. The lowest BCUT2D eigenvalue weighted by Gasteiger charge is -2.07. The molecule has 1 N–H and O–H groups in total. The second kappa shape index (κ2) is 5.11. The van der Waals surface area contributed by atoms with Crippen LogP contribution < -0.4 is 0 Å². The third-order valence-electron chi connectivity index (χ3n) is 3.61. The number of phenols is 1. The Hall–Kier alpha value is -2.95. The lowest BCUT2D eigenvalue weighted by Crippen LogP contribution is -2.24. The van der Waals surface area contributed by atoms with Crippen LogP contribution in [0.3, 0.4) is 0 Å². The molecule has 1 heterocycles. The van der Waals surface area contributed by atoms with E-state index in [1.807, 2.05) is 0 Å². The number of aryl methyl sites for hydroxylation is 2. The molecular formula is C17H14N2O3. The number of imide groups is 1. The second-order valence-electron chi connectivity index (χ2n) is 5.22. The molecule has 0 bridgehead atoms. The van der Waals surface area contributed by atoms with Gasteiger partial charge in [0.1, 0.15) is 5.75 Å². The number of phenolic OH excluding ortho intramolecular Hbond substituents is 1. The fourth-order valence-corrected chi connectivity index (χ4v) is 2.47. The van der Waals surface area contributed by atoms with Crippen molar-refractivity contribution in [3.05, 3.63) is 64.2 Å². The topological polar surface area (TPSA) is 70.0 Å². The number of hydrogen-bond acceptors (Lipinski definition) is 4. The minimum Gasteiger partial charge on any atom is -0.507 e. The molecule has 0 unspecified atom stereocenters. The van der Waals surface area contributed by atoms with E-state index in [1.54, 1.807) is 50.2 Å². The van der Waals surface area contributed by atoms with E-state index in [0.717, 1.165) is 5.01 Å². The molecule has 0 atom stereocenters. The summed E-state index contributed by atoms with van der Waals surface area (Å²) >= 11 is 0. The molecule has 3 rings (SSSR count). The van der Waals surface area contributed by atoms with Crippen molar-refractivity contribution in [2.24, 2.45) is 5.10 Å². The van der Waals surface area contributed by atoms with E-state index in [1.165, 1.54) is 6.21 Å². The first-order valence-electron chi connectivity index (χ1n) is 6.81. The molecular weight excluding hydrogens is 280 g/mol. The van der Waals surface area contributed by atoms with Crippen LogP contribution in [0.5, 0.6) is 5.75 Å². The Labute approximate surface area is 127 Å². The maximum Gasteiger partial charge on any atom is 0.282 e. The average Bonchev–Trinajstić information content (AvgIpc) is 2.75. The van der Waals surface area contributed by atoms with Gasteiger partial charge >= 0.3 is 0 Å². The van der Waals surface area contributed by atoms with Crippen LogP contribution in [-0.4, -0.2) is 28.1 Å². The van der Waals surface area contributed by atoms with Crippen molar-refractivity contribution in [1.29, 1.82) is 0 Å². The highest BCUT2D eigenvalue weighted by Crippen LogP contribution is 2.24. The number of benzene rings is 2. The van der Waals surface area contributed by atoms with Gasteiger partial charge in [-0.05, 0) is 54.8 Å². The molecule has 0 saturated carbocycles. The number of hydrazone groups is 1. The lowest BCUT2D eigenvalue weighted by molar-refractivity contribution is 0.0660. The van der Waals surface area contributed by atoms with E-state index in [0.29, 0.717) is 27.8 Å². The summed E-state index contributed by atoms with van der Waals surface area (Å²) in [7, 11) is 0. The normalized spacial score (nSPS) is 14.0. The first-order chi connectivity index (χ1) is 10.5. The monoisotopic (exact) mass is 294 g/mol. The maximum absolute atomic E-state index is 12.2. The Kier molecular flexibility index (Phi) is 3.25. The molecule has 0 aromatic heterocycles. The SMILES string of the molecule is Cc1cc(C=NN2C(=O)c3ccccc3C2=O)cc(C)c1O. The molecule has 5 heteroatoms. The Morgan fingerprint density at radius 2 is 1.50 bits per heavy atom. The molecule has 0 aliphatic carbocycles. The van der Waals surface area contributed by atoms with Crippen molar-refractivity contribution in [1.82, 2.24) is 5.01 Å². The van der Waals surface area contributed by atoms with Gasteiger partial charge in [-0.15, -0.1) is 0 Å². The third-order valence-corrected chi connectivity index (χ3v) is 3.61. The minimum atomic E-state index is -0.427. The van der Waals surface area contributed by atoms with E-state index in [4.69, 9.17) is 0 Å². The Bertz CT molecular complexity index is 766. The fourth-order valence-electron chi connectivity index (χ4n) is 2.47. The Balaban J connectivity index is 1.92. The highest BCUT2D eigenvalue weighted by atomic mass is 16.3. The molecule has 0 saturated heterocycles. The van der Waals surface area contributed by atoms with Crippen molar-refractivity contribution < 1.29 is 14.7 Å². The quantitative estimate of drug-likeness (QED) is 0.683. The number of aromatic hydroxyl groups is 1. The largest absolute Gasteiger partial charge is 0.507 e. The molecule has 0 spiro atoms. The van der Waals surface area contributed by atoms with Crippen molar-refractivity contribution in [2.75, 3.05) is 0 Å². The second-order valence-corrected chi connectivity index (χ2v) is 5.22. The molecule has 1 aliphatic rings. The van der Waals surface area contributed by atoms with Gasteiger partial charge < -0.3 is 5.11 Å². The van der Waals surface area contributed by atoms with Crippen molar-refractivity contribution in [3.8, 4) is 5.75 Å². The van der Waals surface area contributed by atoms with Gasteiger partial charge in [0.15, 0.2) is 0 Å². The fraction of sp³-hybridized carbons (Fsp3) is 0.118. The van der Waals surface area contributed by atoms with Crippen LogP contribution in [0, 0.1) is 13.8 Å². The summed E-state index contributed by atoms with van der Waals surface area (Å²) in [6.45, 7) is 3.56. The van der Waals surface area contributed by atoms with E-state index in [-0.39, 0.29) is 5.75 Å². The molecule has 0 fully saturated rings. The number of fused-ring (bicyclic) bond motifs is 1. The summed E-state index contributed by atoms with van der Waals surface area (Å²) in [6.07, 6.45) is 1.45. The predicted molar refractivity (Wildman–Crippen MR) is 82.1 cm³/mol.